The van der Waals surface area contributed by atoms with Crippen molar-refractivity contribution in [2.24, 2.45) is 11.3 Å². The Labute approximate surface area is 154 Å². The molecule has 1 N–H and O–H groups in total. The zero-order valence-corrected chi connectivity index (χ0v) is 15.4. The van der Waals surface area contributed by atoms with Gasteiger partial charge in [0, 0.05) is 30.6 Å². The Morgan fingerprint density at radius 3 is 2.69 bits per heavy atom. The second kappa shape index (κ2) is 5.56. The predicted octanol–water partition coefficient (Wildman–Crippen LogP) is 2.98. The van der Waals surface area contributed by atoms with Crippen LogP contribution in [0.1, 0.15) is 56.9 Å². The van der Waals surface area contributed by atoms with Gasteiger partial charge in [0.05, 0.1) is 17.3 Å². The Morgan fingerprint density at radius 2 is 2.00 bits per heavy atom. The Morgan fingerprint density at radius 1 is 1.27 bits per heavy atom. The maximum atomic E-state index is 12.5. The van der Waals surface area contributed by atoms with Gasteiger partial charge in [0.25, 0.3) is 0 Å². The maximum Gasteiger partial charge on any atom is 0.225 e. The highest BCUT2D eigenvalue weighted by atomic mass is 16.3. The molecule has 5 nitrogen and oxygen atoms in total. The van der Waals surface area contributed by atoms with Gasteiger partial charge in [0.2, 0.25) is 5.91 Å². The third-order valence-electron chi connectivity index (χ3n) is 7.01. The van der Waals surface area contributed by atoms with Crippen LogP contribution in [0.2, 0.25) is 0 Å². The van der Waals surface area contributed by atoms with Crippen molar-refractivity contribution >= 4 is 11.4 Å². The molecular weight excluding hydrogens is 326 g/mol. The summed E-state index contributed by atoms with van der Waals surface area (Å²) in [5.41, 5.74) is 2.26. The number of carbonyl (C=O) groups excluding carboxylic acids is 1. The van der Waals surface area contributed by atoms with E-state index in [-0.39, 0.29) is 11.8 Å². The highest BCUT2D eigenvalue weighted by Gasteiger charge is 2.51. The summed E-state index contributed by atoms with van der Waals surface area (Å²) in [7, 11) is 0. The molecule has 3 aliphatic rings. The number of hydrogen-bond acceptors (Lipinski definition) is 3. The minimum Gasteiger partial charge on any atom is -0.390 e. The summed E-state index contributed by atoms with van der Waals surface area (Å²) < 4.78 is 1.92. The average molecular weight is 353 g/mol. The molecule has 2 saturated carbocycles. The number of amides is 1. The molecule has 0 atom stereocenters. The molecule has 138 valence electrons. The lowest BCUT2D eigenvalue weighted by molar-refractivity contribution is -0.163. The molecule has 1 saturated heterocycles. The molecule has 0 aromatic carbocycles. The Hall–Kier alpha value is -1.88. The molecule has 5 heteroatoms. The fourth-order valence-electron chi connectivity index (χ4n) is 5.40. The molecule has 0 unspecified atom stereocenters. The zero-order valence-electron chi connectivity index (χ0n) is 15.4. The van der Waals surface area contributed by atoms with Gasteiger partial charge in [-0.05, 0) is 75.1 Å². The van der Waals surface area contributed by atoms with Gasteiger partial charge in [0.1, 0.15) is 0 Å². The van der Waals surface area contributed by atoms with Gasteiger partial charge in [-0.25, -0.2) is 4.52 Å². The van der Waals surface area contributed by atoms with Crippen molar-refractivity contribution in [2.75, 3.05) is 13.1 Å². The summed E-state index contributed by atoms with van der Waals surface area (Å²) in [6, 6.07) is 6.41. The van der Waals surface area contributed by atoms with Crippen LogP contribution in [0.5, 0.6) is 0 Å². The topological polar surface area (TPSA) is 57.8 Å². The van der Waals surface area contributed by atoms with Crippen LogP contribution in [0.25, 0.3) is 5.52 Å². The van der Waals surface area contributed by atoms with Gasteiger partial charge >= 0.3 is 0 Å². The monoisotopic (exact) mass is 353 g/mol. The molecule has 3 fully saturated rings. The number of aliphatic hydroxyl groups is 1. The predicted molar refractivity (Wildman–Crippen MR) is 98.8 cm³/mol. The minimum atomic E-state index is -0.615. The number of hydrogen-bond donors (Lipinski definition) is 1. The van der Waals surface area contributed by atoms with E-state index in [1.54, 1.807) is 0 Å². The minimum absolute atomic E-state index is 0.0542. The fourth-order valence-corrected chi connectivity index (χ4v) is 5.40. The summed E-state index contributed by atoms with van der Waals surface area (Å²) in [5.74, 6) is 0.921. The molecule has 1 aliphatic heterocycles. The van der Waals surface area contributed by atoms with Crippen LogP contribution < -0.4 is 0 Å². The van der Waals surface area contributed by atoms with E-state index in [1.807, 2.05) is 34.8 Å². The first kappa shape index (κ1) is 16.3. The van der Waals surface area contributed by atoms with Crippen LogP contribution in [0.4, 0.5) is 0 Å². The zero-order chi connectivity index (χ0) is 17.9. The molecular formula is C21H27N3O2. The van der Waals surface area contributed by atoms with E-state index in [9.17, 15) is 9.90 Å². The second-order valence-electron chi connectivity index (χ2n) is 9.24. The molecule has 0 radical (unpaired) electrons. The van der Waals surface area contributed by atoms with Crippen LogP contribution in [0, 0.1) is 11.3 Å². The lowest BCUT2D eigenvalue weighted by atomic mass is 9.64. The van der Waals surface area contributed by atoms with E-state index >= 15 is 0 Å². The largest absolute Gasteiger partial charge is 0.390 e. The highest BCUT2D eigenvalue weighted by molar-refractivity contribution is 5.81. The third-order valence-corrected chi connectivity index (χ3v) is 7.01. The van der Waals surface area contributed by atoms with Crippen molar-refractivity contribution in [1.29, 1.82) is 0 Å². The molecule has 0 bridgehead atoms. The Balaban J connectivity index is 1.17. The molecule has 2 aromatic heterocycles. The van der Waals surface area contributed by atoms with E-state index in [2.05, 4.69) is 17.2 Å². The summed E-state index contributed by atoms with van der Waals surface area (Å²) in [5, 5.41) is 14.4. The van der Waals surface area contributed by atoms with Crippen molar-refractivity contribution in [3.05, 3.63) is 36.2 Å². The SMILES string of the molecule is CC1(O)CC(C(=O)N2CC3(CCC(c4cnn5cccc5c4)CC3)C2)C1. The van der Waals surface area contributed by atoms with E-state index in [1.165, 1.54) is 36.8 Å². The lowest BCUT2D eigenvalue weighted by Gasteiger charge is -2.55. The van der Waals surface area contributed by atoms with Gasteiger partial charge < -0.3 is 10.0 Å². The van der Waals surface area contributed by atoms with E-state index in [0.717, 1.165) is 13.1 Å². The van der Waals surface area contributed by atoms with Gasteiger partial charge in [-0.2, -0.15) is 5.10 Å². The van der Waals surface area contributed by atoms with Crippen LogP contribution in [-0.2, 0) is 4.79 Å². The summed E-state index contributed by atoms with van der Waals surface area (Å²) in [4.78, 5) is 14.5. The summed E-state index contributed by atoms with van der Waals surface area (Å²) in [6.07, 6.45) is 10.1. The molecule has 1 amide bonds. The molecule has 3 heterocycles. The average Bonchev–Trinajstić information content (AvgIpc) is 3.04. The smallest absolute Gasteiger partial charge is 0.225 e. The van der Waals surface area contributed by atoms with Crippen LogP contribution in [0.15, 0.2) is 30.6 Å². The summed E-state index contributed by atoms with van der Waals surface area (Å²) in [6.45, 7) is 3.68. The molecule has 1 spiro atoms. The van der Waals surface area contributed by atoms with Crippen LogP contribution in [0.3, 0.4) is 0 Å². The number of aromatic nitrogens is 2. The number of likely N-dealkylation sites (tertiary alicyclic amines) is 1. The number of fused-ring (bicyclic) bond motifs is 1. The van der Waals surface area contributed by atoms with Crippen molar-refractivity contribution in [3.8, 4) is 0 Å². The first-order valence-electron chi connectivity index (χ1n) is 9.88. The molecule has 26 heavy (non-hydrogen) atoms. The fraction of sp³-hybridized carbons (Fsp3) is 0.619. The highest BCUT2D eigenvalue weighted by Crippen LogP contribution is 2.49. The van der Waals surface area contributed by atoms with Crippen LogP contribution >= 0.6 is 0 Å². The van der Waals surface area contributed by atoms with Gasteiger partial charge in [0.15, 0.2) is 0 Å². The van der Waals surface area contributed by atoms with Gasteiger partial charge in [-0.15, -0.1) is 0 Å². The standard InChI is InChI=1S/C21H27N3O2/c1-20(26)10-17(11-20)19(25)23-13-21(14-23)6-4-15(5-7-21)16-9-18-3-2-8-24(18)22-12-16/h2-3,8-9,12,15,17,26H,4-7,10-11,13-14H2,1H3. The van der Waals surface area contributed by atoms with E-state index < -0.39 is 5.60 Å². The Kier molecular flexibility index (Phi) is 3.48. The van der Waals surface area contributed by atoms with Crippen molar-refractivity contribution in [3.63, 3.8) is 0 Å². The van der Waals surface area contributed by atoms with Crippen LogP contribution in [-0.4, -0.2) is 44.2 Å². The van der Waals surface area contributed by atoms with Crippen molar-refractivity contribution in [2.45, 2.75) is 57.0 Å². The number of carbonyl (C=O) groups is 1. The number of rotatable bonds is 2. The molecule has 5 rings (SSSR count). The van der Waals surface area contributed by atoms with Gasteiger partial charge in [-0.3, -0.25) is 4.79 Å². The maximum absolute atomic E-state index is 12.5. The Bertz CT molecular complexity index is 832. The third kappa shape index (κ3) is 2.64. The van der Waals surface area contributed by atoms with Crippen molar-refractivity contribution < 1.29 is 9.90 Å². The van der Waals surface area contributed by atoms with E-state index in [4.69, 9.17) is 0 Å². The number of nitrogens with zero attached hydrogens (tertiary/aromatic N) is 3. The quantitative estimate of drug-likeness (QED) is 0.903. The summed E-state index contributed by atoms with van der Waals surface area (Å²) >= 11 is 0. The van der Waals surface area contributed by atoms with Crippen molar-refractivity contribution in [1.82, 2.24) is 14.5 Å². The van der Waals surface area contributed by atoms with Gasteiger partial charge in [-0.1, -0.05) is 0 Å². The molecule has 2 aliphatic carbocycles. The first-order valence-corrected chi connectivity index (χ1v) is 9.88. The molecule has 2 aromatic rings. The van der Waals surface area contributed by atoms with E-state index in [0.29, 0.717) is 24.2 Å². The second-order valence-corrected chi connectivity index (χ2v) is 9.24. The lowest BCUT2D eigenvalue weighted by Crippen LogP contribution is -2.62. The first-order chi connectivity index (χ1) is 12.4. The normalized spacial score (nSPS) is 31.0.